The number of benzene rings is 2. The van der Waals surface area contributed by atoms with Gasteiger partial charge in [-0.05, 0) is 15.4 Å². The van der Waals surface area contributed by atoms with Crippen LogP contribution in [0, 0.1) is 0 Å². The standard InChI is InChI=1S/C15H17N3S2.Na/c19-15(20)18(16-11-13-7-3-1-4-8-13)17-12-14-9-5-2-6-10-14;/h1-10,16-17H,11-12H2,(H,19,20);/q;+1/p-1. The first-order chi connectivity index (χ1) is 9.75. The van der Waals surface area contributed by atoms with Crippen molar-refractivity contribution in [1.29, 1.82) is 0 Å². The Morgan fingerprint density at radius 2 is 1.24 bits per heavy atom. The van der Waals surface area contributed by atoms with Crippen LogP contribution < -0.4 is 40.4 Å². The van der Waals surface area contributed by atoms with Gasteiger partial charge in [0.2, 0.25) is 0 Å². The zero-order valence-corrected chi connectivity index (χ0v) is 15.6. The van der Waals surface area contributed by atoms with Crippen LogP contribution in [-0.4, -0.2) is 9.44 Å². The largest absolute Gasteiger partial charge is 1.00 e. The summed E-state index contributed by atoms with van der Waals surface area (Å²) < 4.78 is 0.344. The quantitative estimate of drug-likeness (QED) is 0.324. The summed E-state index contributed by atoms with van der Waals surface area (Å²) in [6.07, 6.45) is 0. The summed E-state index contributed by atoms with van der Waals surface area (Å²) in [5.41, 5.74) is 8.71. The van der Waals surface area contributed by atoms with Gasteiger partial charge in [0.05, 0.1) is 0 Å². The van der Waals surface area contributed by atoms with E-state index in [2.05, 4.69) is 35.1 Å². The summed E-state index contributed by atoms with van der Waals surface area (Å²) in [6.45, 7) is 1.33. The first-order valence-corrected chi connectivity index (χ1v) is 7.13. The second-order valence-corrected chi connectivity index (χ2v) is 5.27. The van der Waals surface area contributed by atoms with Crippen molar-refractivity contribution in [1.82, 2.24) is 16.0 Å². The minimum absolute atomic E-state index is 0. The van der Waals surface area contributed by atoms with Crippen molar-refractivity contribution in [3.63, 3.8) is 0 Å². The molecule has 0 amide bonds. The molecule has 0 aromatic heterocycles. The zero-order valence-electron chi connectivity index (χ0n) is 12.0. The minimum Gasteiger partial charge on any atom is -0.408 e. The number of nitrogens with one attached hydrogen (secondary N) is 2. The van der Waals surface area contributed by atoms with Crippen LogP contribution in [0.3, 0.4) is 0 Å². The second kappa shape index (κ2) is 10.2. The average molecular weight is 325 g/mol. The Bertz CT molecular complexity index is 494. The van der Waals surface area contributed by atoms with Gasteiger partial charge < -0.3 is 24.8 Å². The number of hydrogen-bond donors (Lipinski definition) is 2. The summed E-state index contributed by atoms with van der Waals surface area (Å²) in [5, 5.41) is 1.62. The average Bonchev–Trinajstić information content (AvgIpc) is 2.49. The van der Waals surface area contributed by atoms with Crippen molar-refractivity contribution >= 4 is 29.2 Å². The molecule has 0 aliphatic heterocycles. The van der Waals surface area contributed by atoms with E-state index in [1.54, 1.807) is 5.12 Å². The van der Waals surface area contributed by atoms with Gasteiger partial charge in [0.25, 0.3) is 0 Å². The predicted molar refractivity (Wildman–Crippen MR) is 88.4 cm³/mol. The van der Waals surface area contributed by atoms with Gasteiger partial charge >= 0.3 is 29.6 Å². The van der Waals surface area contributed by atoms with Gasteiger partial charge in [0, 0.05) is 13.1 Å². The molecule has 0 aliphatic rings. The molecule has 2 rings (SSSR count). The van der Waals surface area contributed by atoms with Gasteiger partial charge in [-0.1, -0.05) is 60.7 Å². The molecule has 0 radical (unpaired) electrons. The first kappa shape index (κ1) is 18.5. The molecule has 6 heteroatoms. The molecule has 0 bridgehead atoms. The molecule has 2 aromatic carbocycles. The van der Waals surface area contributed by atoms with Gasteiger partial charge in [-0.3, -0.25) is 5.12 Å². The molecule has 0 fully saturated rings. The van der Waals surface area contributed by atoms with Crippen molar-refractivity contribution in [2.75, 3.05) is 0 Å². The van der Waals surface area contributed by atoms with Crippen LogP contribution >= 0.6 is 12.2 Å². The van der Waals surface area contributed by atoms with Crippen molar-refractivity contribution in [3.8, 4) is 0 Å². The molecule has 2 aromatic rings. The Labute approximate surface area is 158 Å². The smallest absolute Gasteiger partial charge is 0.408 e. The molecule has 0 unspecified atom stereocenters. The van der Waals surface area contributed by atoms with Crippen LogP contribution in [-0.2, 0) is 25.7 Å². The Hall–Kier alpha value is -0.530. The number of thiocarbonyl (C=S) groups is 1. The summed E-state index contributed by atoms with van der Waals surface area (Å²) in [5.74, 6) is 0. The maximum Gasteiger partial charge on any atom is 1.00 e. The van der Waals surface area contributed by atoms with E-state index in [4.69, 9.17) is 24.8 Å². The fraction of sp³-hybridized carbons (Fsp3) is 0.133. The third-order valence-electron chi connectivity index (χ3n) is 2.75. The van der Waals surface area contributed by atoms with E-state index in [1.807, 2.05) is 36.4 Å². The number of rotatable bonds is 6. The van der Waals surface area contributed by atoms with Crippen LogP contribution in [0.15, 0.2) is 60.7 Å². The van der Waals surface area contributed by atoms with Crippen LogP contribution in [0.1, 0.15) is 11.1 Å². The SMILES string of the molecule is S=C([S-])N(NCc1ccccc1)NCc1ccccc1.[Na+]. The maximum absolute atomic E-state index is 5.06. The summed E-state index contributed by atoms with van der Waals surface area (Å²) in [4.78, 5) is 0. The fourth-order valence-corrected chi connectivity index (χ4v) is 1.98. The van der Waals surface area contributed by atoms with Gasteiger partial charge in [-0.2, -0.15) is 0 Å². The van der Waals surface area contributed by atoms with Crippen molar-refractivity contribution in [2.24, 2.45) is 0 Å². The van der Waals surface area contributed by atoms with Gasteiger partial charge in [0.1, 0.15) is 0 Å². The van der Waals surface area contributed by atoms with Crippen LogP contribution in [0.2, 0.25) is 0 Å². The van der Waals surface area contributed by atoms with Crippen LogP contribution in [0.4, 0.5) is 0 Å². The second-order valence-electron chi connectivity index (χ2n) is 4.24. The topological polar surface area (TPSA) is 27.3 Å². The van der Waals surface area contributed by atoms with Crippen molar-refractivity contribution in [3.05, 3.63) is 71.8 Å². The number of nitrogens with zero attached hydrogens (tertiary/aromatic N) is 1. The number of hydrazine groups is 2. The van der Waals surface area contributed by atoms with E-state index in [-0.39, 0.29) is 29.6 Å². The first-order valence-electron chi connectivity index (χ1n) is 6.31. The summed E-state index contributed by atoms with van der Waals surface area (Å²) in [6, 6.07) is 20.2. The molecule has 3 nitrogen and oxygen atoms in total. The zero-order chi connectivity index (χ0) is 14.2. The Morgan fingerprint density at radius 1 is 0.857 bits per heavy atom. The summed E-state index contributed by atoms with van der Waals surface area (Å²) >= 11 is 10.1. The molecule has 0 atom stereocenters. The monoisotopic (exact) mass is 325 g/mol. The van der Waals surface area contributed by atoms with Crippen LogP contribution in [0.25, 0.3) is 0 Å². The molecule has 104 valence electrons. The van der Waals surface area contributed by atoms with Crippen molar-refractivity contribution < 1.29 is 29.6 Å². The normalized spacial score (nSPS) is 9.71. The van der Waals surface area contributed by atoms with E-state index >= 15 is 0 Å². The fourth-order valence-electron chi connectivity index (χ4n) is 1.72. The Kier molecular flexibility index (Phi) is 9.03. The molecule has 0 heterocycles. The van der Waals surface area contributed by atoms with Gasteiger partial charge in [-0.15, -0.1) is 0 Å². The predicted octanol–water partition coefficient (Wildman–Crippen LogP) is -0.466. The van der Waals surface area contributed by atoms with Gasteiger partial charge in [0.15, 0.2) is 0 Å². The van der Waals surface area contributed by atoms with Crippen molar-refractivity contribution in [2.45, 2.75) is 13.1 Å². The molecule has 0 aliphatic carbocycles. The Morgan fingerprint density at radius 3 is 1.57 bits per heavy atom. The third kappa shape index (κ3) is 6.84. The Balaban J connectivity index is 0.00000220. The number of hydrogen-bond acceptors (Lipinski definition) is 4. The van der Waals surface area contributed by atoms with E-state index in [9.17, 15) is 0 Å². The molecule has 0 spiro atoms. The molecule has 21 heavy (non-hydrogen) atoms. The molecule has 0 saturated heterocycles. The maximum atomic E-state index is 5.06. The van der Waals surface area contributed by atoms with E-state index in [1.165, 1.54) is 11.1 Å². The molecular weight excluding hydrogens is 309 g/mol. The molecular formula is C15H16N3NaS2. The summed E-state index contributed by atoms with van der Waals surface area (Å²) in [7, 11) is 0. The third-order valence-corrected chi connectivity index (χ3v) is 3.12. The van der Waals surface area contributed by atoms with E-state index in [0.717, 1.165) is 0 Å². The minimum atomic E-state index is 0. The molecule has 0 saturated carbocycles. The van der Waals surface area contributed by atoms with E-state index < -0.39 is 0 Å². The van der Waals surface area contributed by atoms with Crippen LogP contribution in [0.5, 0.6) is 0 Å². The molecule has 2 N–H and O–H groups in total. The van der Waals surface area contributed by atoms with E-state index in [0.29, 0.717) is 17.4 Å². The van der Waals surface area contributed by atoms with Gasteiger partial charge in [-0.25, -0.2) is 10.9 Å².